The number of anilines is 2. The van der Waals surface area contributed by atoms with Crippen molar-refractivity contribution in [3.8, 4) is 0 Å². The summed E-state index contributed by atoms with van der Waals surface area (Å²) in [4.78, 5) is 14.3. The number of benzene rings is 1. The first kappa shape index (κ1) is 13.9. The zero-order valence-electron chi connectivity index (χ0n) is 11.6. The Hall–Kier alpha value is -1.55. The molecule has 1 aliphatic heterocycles. The van der Waals surface area contributed by atoms with Gasteiger partial charge < -0.3 is 16.0 Å². The van der Waals surface area contributed by atoms with Crippen LogP contribution in [0.1, 0.15) is 26.2 Å². The molecule has 0 aliphatic carbocycles. The standard InChI is InChI=1S/C15H23N3O/c1-2-12-7-9-18(11-12)10-8-15(19)17-14-6-4-3-5-13(14)16/h3-6,12H,2,7-11,16H2,1H3,(H,17,19). The third-order valence-electron chi connectivity index (χ3n) is 3.84. The molecular formula is C15H23N3O. The maximum absolute atomic E-state index is 11.9. The van der Waals surface area contributed by atoms with Gasteiger partial charge in [-0.1, -0.05) is 25.5 Å². The van der Waals surface area contributed by atoms with Crippen molar-refractivity contribution in [3.05, 3.63) is 24.3 Å². The first-order chi connectivity index (χ1) is 9.19. The summed E-state index contributed by atoms with van der Waals surface area (Å²) in [5.41, 5.74) is 7.12. The van der Waals surface area contributed by atoms with Gasteiger partial charge in [0.1, 0.15) is 0 Å². The molecule has 1 saturated heterocycles. The largest absolute Gasteiger partial charge is 0.397 e. The summed E-state index contributed by atoms with van der Waals surface area (Å²) >= 11 is 0. The number of nitrogens with one attached hydrogen (secondary N) is 1. The van der Waals surface area contributed by atoms with E-state index >= 15 is 0 Å². The van der Waals surface area contributed by atoms with E-state index in [4.69, 9.17) is 5.73 Å². The van der Waals surface area contributed by atoms with Crippen LogP contribution in [0.2, 0.25) is 0 Å². The Morgan fingerprint density at radius 1 is 1.47 bits per heavy atom. The van der Waals surface area contributed by atoms with Gasteiger partial charge >= 0.3 is 0 Å². The quantitative estimate of drug-likeness (QED) is 0.800. The molecule has 1 amide bonds. The first-order valence-corrected chi connectivity index (χ1v) is 7.05. The van der Waals surface area contributed by atoms with Crippen LogP contribution in [-0.4, -0.2) is 30.4 Å². The Labute approximate surface area is 115 Å². The van der Waals surface area contributed by atoms with Crippen LogP contribution in [0.25, 0.3) is 0 Å². The third kappa shape index (κ3) is 3.96. The summed E-state index contributed by atoms with van der Waals surface area (Å²) in [6, 6.07) is 7.36. The van der Waals surface area contributed by atoms with E-state index in [1.165, 1.54) is 12.8 Å². The highest BCUT2D eigenvalue weighted by Crippen LogP contribution is 2.20. The van der Waals surface area contributed by atoms with Gasteiger partial charge in [-0.3, -0.25) is 4.79 Å². The summed E-state index contributed by atoms with van der Waals surface area (Å²) in [6.45, 7) is 5.34. The lowest BCUT2D eigenvalue weighted by molar-refractivity contribution is -0.116. The molecule has 1 atom stereocenters. The van der Waals surface area contributed by atoms with Crippen molar-refractivity contribution < 1.29 is 4.79 Å². The maximum Gasteiger partial charge on any atom is 0.225 e. The highest BCUT2D eigenvalue weighted by atomic mass is 16.1. The zero-order valence-corrected chi connectivity index (χ0v) is 11.6. The van der Waals surface area contributed by atoms with Gasteiger partial charge in [-0.2, -0.15) is 0 Å². The lowest BCUT2D eigenvalue weighted by Crippen LogP contribution is -2.26. The minimum absolute atomic E-state index is 0.0397. The van der Waals surface area contributed by atoms with E-state index in [1.807, 2.05) is 18.2 Å². The van der Waals surface area contributed by atoms with Gasteiger partial charge in [-0.15, -0.1) is 0 Å². The molecule has 4 nitrogen and oxygen atoms in total. The lowest BCUT2D eigenvalue weighted by atomic mass is 10.1. The number of hydrogen-bond donors (Lipinski definition) is 2. The molecule has 1 aliphatic rings. The maximum atomic E-state index is 11.9. The molecule has 1 unspecified atom stereocenters. The van der Waals surface area contributed by atoms with Crippen LogP contribution >= 0.6 is 0 Å². The Bertz CT molecular complexity index is 433. The van der Waals surface area contributed by atoms with E-state index in [9.17, 15) is 4.79 Å². The Kier molecular flexibility index (Phi) is 4.80. The van der Waals surface area contributed by atoms with Crippen LogP contribution in [0.15, 0.2) is 24.3 Å². The molecule has 3 N–H and O–H groups in total. The Balaban J connectivity index is 1.75. The number of amides is 1. The van der Waals surface area contributed by atoms with Gasteiger partial charge in [0, 0.05) is 19.5 Å². The molecule has 1 fully saturated rings. The van der Waals surface area contributed by atoms with Crippen LogP contribution < -0.4 is 11.1 Å². The third-order valence-corrected chi connectivity index (χ3v) is 3.84. The molecule has 2 rings (SSSR count). The SMILES string of the molecule is CCC1CCN(CCC(=O)Nc2ccccc2N)C1. The van der Waals surface area contributed by atoms with Gasteiger partial charge in [0.25, 0.3) is 0 Å². The monoisotopic (exact) mass is 261 g/mol. The summed E-state index contributed by atoms with van der Waals surface area (Å²) < 4.78 is 0. The van der Waals surface area contributed by atoms with Gasteiger partial charge in [0.15, 0.2) is 0 Å². The molecule has 4 heteroatoms. The number of nitrogens with two attached hydrogens (primary N) is 1. The molecule has 1 aromatic rings. The molecule has 0 spiro atoms. The van der Waals surface area contributed by atoms with Crippen LogP contribution in [0.4, 0.5) is 11.4 Å². The Morgan fingerprint density at radius 3 is 2.95 bits per heavy atom. The van der Waals surface area contributed by atoms with Crippen molar-refractivity contribution in [2.75, 3.05) is 30.7 Å². The number of carbonyl (C=O) groups excluding carboxylic acids is 1. The van der Waals surface area contributed by atoms with Crippen molar-refractivity contribution in [1.29, 1.82) is 0 Å². The molecule has 19 heavy (non-hydrogen) atoms. The van der Waals surface area contributed by atoms with E-state index in [0.29, 0.717) is 17.8 Å². The molecule has 1 heterocycles. The number of hydrogen-bond acceptors (Lipinski definition) is 3. The predicted molar refractivity (Wildman–Crippen MR) is 78.9 cm³/mol. The van der Waals surface area contributed by atoms with Crippen LogP contribution in [0, 0.1) is 5.92 Å². The number of para-hydroxylation sites is 2. The van der Waals surface area contributed by atoms with Crippen molar-refractivity contribution in [3.63, 3.8) is 0 Å². The topological polar surface area (TPSA) is 58.4 Å². The van der Waals surface area contributed by atoms with Gasteiger partial charge in [0.2, 0.25) is 5.91 Å². The van der Waals surface area contributed by atoms with Gasteiger partial charge in [-0.05, 0) is 31.0 Å². The van der Waals surface area contributed by atoms with Crippen molar-refractivity contribution >= 4 is 17.3 Å². The van der Waals surface area contributed by atoms with E-state index in [2.05, 4.69) is 17.1 Å². The van der Waals surface area contributed by atoms with Crippen molar-refractivity contribution in [1.82, 2.24) is 4.90 Å². The second-order valence-corrected chi connectivity index (χ2v) is 5.25. The highest BCUT2D eigenvalue weighted by molar-refractivity contribution is 5.93. The normalized spacial score (nSPS) is 19.5. The van der Waals surface area contributed by atoms with Crippen molar-refractivity contribution in [2.24, 2.45) is 5.92 Å². The second kappa shape index (κ2) is 6.57. The van der Waals surface area contributed by atoms with E-state index in [0.717, 1.165) is 25.6 Å². The van der Waals surface area contributed by atoms with E-state index < -0.39 is 0 Å². The number of nitrogen functional groups attached to an aromatic ring is 1. The number of likely N-dealkylation sites (tertiary alicyclic amines) is 1. The molecular weight excluding hydrogens is 238 g/mol. The number of carbonyl (C=O) groups is 1. The fraction of sp³-hybridized carbons (Fsp3) is 0.533. The average molecular weight is 261 g/mol. The molecule has 0 radical (unpaired) electrons. The molecule has 0 aromatic heterocycles. The lowest BCUT2D eigenvalue weighted by Gasteiger charge is -2.15. The predicted octanol–water partition coefficient (Wildman–Crippen LogP) is 2.33. The summed E-state index contributed by atoms with van der Waals surface area (Å²) in [5.74, 6) is 0.852. The van der Waals surface area contributed by atoms with Crippen LogP contribution in [0.3, 0.4) is 0 Å². The summed E-state index contributed by atoms with van der Waals surface area (Å²) in [7, 11) is 0. The fourth-order valence-electron chi connectivity index (χ4n) is 2.53. The number of rotatable bonds is 5. The summed E-state index contributed by atoms with van der Waals surface area (Å²) in [6.07, 6.45) is 3.04. The zero-order chi connectivity index (χ0) is 13.7. The van der Waals surface area contributed by atoms with E-state index in [-0.39, 0.29) is 5.91 Å². The molecule has 0 saturated carbocycles. The minimum atomic E-state index is 0.0397. The minimum Gasteiger partial charge on any atom is -0.397 e. The molecule has 0 bridgehead atoms. The smallest absolute Gasteiger partial charge is 0.225 e. The first-order valence-electron chi connectivity index (χ1n) is 7.05. The number of nitrogens with zero attached hydrogens (tertiary/aromatic N) is 1. The summed E-state index contributed by atoms with van der Waals surface area (Å²) in [5, 5.41) is 2.87. The Morgan fingerprint density at radius 2 is 2.26 bits per heavy atom. The van der Waals surface area contributed by atoms with Gasteiger partial charge in [-0.25, -0.2) is 0 Å². The van der Waals surface area contributed by atoms with E-state index in [1.54, 1.807) is 6.07 Å². The van der Waals surface area contributed by atoms with Crippen molar-refractivity contribution in [2.45, 2.75) is 26.2 Å². The van der Waals surface area contributed by atoms with Crippen LogP contribution in [0.5, 0.6) is 0 Å². The van der Waals surface area contributed by atoms with Gasteiger partial charge in [0.05, 0.1) is 11.4 Å². The fourth-order valence-corrected chi connectivity index (χ4v) is 2.53. The highest BCUT2D eigenvalue weighted by Gasteiger charge is 2.21. The molecule has 104 valence electrons. The molecule has 1 aromatic carbocycles. The van der Waals surface area contributed by atoms with Crippen LogP contribution in [-0.2, 0) is 4.79 Å². The average Bonchev–Trinajstić information content (AvgIpc) is 2.87. The second-order valence-electron chi connectivity index (χ2n) is 5.25.